The van der Waals surface area contributed by atoms with Crippen LogP contribution in [-0.2, 0) is 14.3 Å². The molecule has 0 unspecified atom stereocenters. The van der Waals surface area contributed by atoms with Crippen molar-refractivity contribution in [2.24, 2.45) is 0 Å². The SMILES string of the molecule is COCCNC(=O)C[C@H]1O[C@H](CNC(=O)Nc2cccc(F)c2)[C@@H](O)[C@H]1O. The van der Waals surface area contributed by atoms with Crippen LogP contribution in [0.4, 0.5) is 14.9 Å². The summed E-state index contributed by atoms with van der Waals surface area (Å²) >= 11 is 0. The van der Waals surface area contributed by atoms with Crippen LogP contribution in [-0.4, -0.2) is 73.4 Å². The van der Waals surface area contributed by atoms with Gasteiger partial charge in [-0.2, -0.15) is 0 Å². The Labute approximate surface area is 155 Å². The van der Waals surface area contributed by atoms with E-state index in [1.807, 2.05) is 0 Å². The molecule has 1 heterocycles. The Morgan fingerprint density at radius 3 is 2.67 bits per heavy atom. The second-order valence-electron chi connectivity index (χ2n) is 6.09. The average molecular weight is 385 g/mol. The Bertz CT molecular complexity index is 647. The van der Waals surface area contributed by atoms with Crippen molar-refractivity contribution >= 4 is 17.6 Å². The number of aliphatic hydroxyl groups excluding tert-OH is 2. The molecule has 27 heavy (non-hydrogen) atoms. The summed E-state index contributed by atoms with van der Waals surface area (Å²) in [4.78, 5) is 23.6. The third-order valence-electron chi connectivity index (χ3n) is 4.02. The average Bonchev–Trinajstić information content (AvgIpc) is 2.88. The van der Waals surface area contributed by atoms with Crippen molar-refractivity contribution in [3.05, 3.63) is 30.1 Å². The maximum atomic E-state index is 13.1. The van der Waals surface area contributed by atoms with Crippen molar-refractivity contribution in [1.29, 1.82) is 0 Å². The molecule has 0 aliphatic carbocycles. The highest BCUT2D eigenvalue weighted by Gasteiger charge is 2.43. The number of hydrogen-bond donors (Lipinski definition) is 5. The Morgan fingerprint density at radius 2 is 1.96 bits per heavy atom. The van der Waals surface area contributed by atoms with E-state index in [0.717, 1.165) is 6.07 Å². The third kappa shape index (κ3) is 6.43. The number of nitrogens with one attached hydrogen (secondary N) is 3. The number of methoxy groups -OCH3 is 1. The zero-order valence-electron chi connectivity index (χ0n) is 14.9. The molecule has 5 N–H and O–H groups in total. The summed E-state index contributed by atoms with van der Waals surface area (Å²) in [6.07, 6.45) is -4.41. The van der Waals surface area contributed by atoms with Crippen molar-refractivity contribution < 1.29 is 33.7 Å². The number of urea groups is 1. The summed E-state index contributed by atoms with van der Waals surface area (Å²) in [5.41, 5.74) is 0.269. The molecule has 0 spiro atoms. The summed E-state index contributed by atoms with van der Waals surface area (Å²) in [5, 5.41) is 27.6. The first kappa shape index (κ1) is 21.0. The molecular formula is C17H24FN3O6. The molecule has 0 aromatic heterocycles. The monoisotopic (exact) mass is 385 g/mol. The van der Waals surface area contributed by atoms with Crippen molar-refractivity contribution in [2.45, 2.75) is 30.8 Å². The number of aliphatic hydroxyl groups is 2. The summed E-state index contributed by atoms with van der Waals surface area (Å²) in [6, 6.07) is 4.76. The van der Waals surface area contributed by atoms with Gasteiger partial charge in [0.2, 0.25) is 5.91 Å². The molecule has 0 bridgehead atoms. The normalized spacial score (nSPS) is 24.4. The fraction of sp³-hybridized carbons (Fsp3) is 0.529. The fourth-order valence-electron chi connectivity index (χ4n) is 2.65. The Kier molecular flexibility index (Phi) is 7.92. The van der Waals surface area contributed by atoms with Crippen LogP contribution in [0.15, 0.2) is 24.3 Å². The molecule has 1 saturated heterocycles. The van der Waals surface area contributed by atoms with E-state index in [9.17, 15) is 24.2 Å². The zero-order chi connectivity index (χ0) is 19.8. The van der Waals surface area contributed by atoms with E-state index in [-0.39, 0.29) is 24.6 Å². The highest BCUT2D eigenvalue weighted by atomic mass is 19.1. The number of ether oxygens (including phenoxy) is 2. The van der Waals surface area contributed by atoms with Gasteiger partial charge in [0.1, 0.15) is 24.1 Å². The van der Waals surface area contributed by atoms with Crippen LogP contribution in [0, 0.1) is 5.82 Å². The highest BCUT2D eigenvalue weighted by Crippen LogP contribution is 2.23. The van der Waals surface area contributed by atoms with Gasteiger partial charge in [-0.1, -0.05) is 6.07 Å². The molecule has 10 heteroatoms. The van der Waals surface area contributed by atoms with E-state index in [4.69, 9.17) is 9.47 Å². The maximum absolute atomic E-state index is 13.1. The van der Waals surface area contributed by atoms with E-state index < -0.39 is 36.3 Å². The number of rotatable bonds is 8. The quantitative estimate of drug-likeness (QED) is 0.387. The topological polar surface area (TPSA) is 129 Å². The number of amides is 3. The van der Waals surface area contributed by atoms with E-state index in [1.54, 1.807) is 0 Å². The highest BCUT2D eigenvalue weighted by molar-refractivity contribution is 5.89. The minimum absolute atomic E-state index is 0.0961. The molecular weight excluding hydrogens is 361 g/mol. The van der Waals surface area contributed by atoms with Crippen molar-refractivity contribution in [1.82, 2.24) is 10.6 Å². The molecule has 1 aliphatic heterocycles. The van der Waals surface area contributed by atoms with E-state index in [2.05, 4.69) is 16.0 Å². The molecule has 1 fully saturated rings. The van der Waals surface area contributed by atoms with Crippen LogP contribution in [0.25, 0.3) is 0 Å². The van der Waals surface area contributed by atoms with Crippen molar-refractivity contribution in [3.8, 4) is 0 Å². The lowest BCUT2D eigenvalue weighted by molar-refractivity contribution is -0.125. The van der Waals surface area contributed by atoms with E-state index in [1.165, 1.54) is 25.3 Å². The lowest BCUT2D eigenvalue weighted by Crippen LogP contribution is -2.41. The zero-order valence-corrected chi connectivity index (χ0v) is 14.9. The first-order valence-electron chi connectivity index (χ1n) is 8.48. The van der Waals surface area contributed by atoms with Gasteiger partial charge in [-0.3, -0.25) is 4.79 Å². The summed E-state index contributed by atoms with van der Waals surface area (Å²) in [7, 11) is 1.51. The minimum atomic E-state index is -1.25. The van der Waals surface area contributed by atoms with Crippen molar-refractivity contribution in [3.63, 3.8) is 0 Å². The van der Waals surface area contributed by atoms with Gasteiger partial charge in [-0.05, 0) is 18.2 Å². The molecule has 0 radical (unpaired) electrons. The predicted molar refractivity (Wildman–Crippen MR) is 93.6 cm³/mol. The second kappa shape index (κ2) is 10.2. The number of carbonyl (C=O) groups is 2. The molecule has 1 aromatic rings. The summed E-state index contributed by atoms with van der Waals surface area (Å²) in [6.45, 7) is 0.586. The van der Waals surface area contributed by atoms with Gasteiger partial charge >= 0.3 is 6.03 Å². The van der Waals surface area contributed by atoms with Gasteiger partial charge < -0.3 is 35.6 Å². The Hall–Kier alpha value is -2.27. The maximum Gasteiger partial charge on any atom is 0.319 e. The molecule has 9 nitrogen and oxygen atoms in total. The standard InChI is InChI=1S/C17H24FN3O6/c1-26-6-5-19-14(22)8-12-15(23)16(24)13(27-12)9-20-17(25)21-11-4-2-3-10(18)7-11/h2-4,7,12-13,15-16,23-24H,5-6,8-9H2,1H3,(H,19,22)(H2,20,21,25)/t12-,13-,15+,16-/m1/s1. The number of benzene rings is 1. The van der Waals surface area contributed by atoms with Gasteiger partial charge in [0.15, 0.2) is 0 Å². The number of hydrogen-bond acceptors (Lipinski definition) is 6. The molecule has 1 aromatic carbocycles. The van der Waals surface area contributed by atoms with Gasteiger partial charge in [0.05, 0.1) is 19.1 Å². The lowest BCUT2D eigenvalue weighted by Gasteiger charge is -2.15. The minimum Gasteiger partial charge on any atom is -0.388 e. The Morgan fingerprint density at radius 1 is 1.22 bits per heavy atom. The largest absolute Gasteiger partial charge is 0.388 e. The molecule has 4 atom stereocenters. The van der Waals surface area contributed by atoms with Crippen LogP contribution < -0.4 is 16.0 Å². The summed E-state index contributed by atoms with van der Waals surface area (Å²) < 4.78 is 23.4. The van der Waals surface area contributed by atoms with Gasteiger partial charge in [-0.15, -0.1) is 0 Å². The fourth-order valence-corrected chi connectivity index (χ4v) is 2.65. The van der Waals surface area contributed by atoms with Crippen LogP contribution in [0.5, 0.6) is 0 Å². The summed E-state index contributed by atoms with van der Waals surface area (Å²) in [5.74, 6) is -0.835. The molecule has 2 rings (SSSR count). The number of carbonyl (C=O) groups excluding carboxylic acids is 2. The van der Waals surface area contributed by atoms with Gasteiger partial charge in [-0.25, -0.2) is 9.18 Å². The molecule has 3 amide bonds. The second-order valence-corrected chi connectivity index (χ2v) is 6.09. The van der Waals surface area contributed by atoms with Gasteiger partial charge in [0.25, 0.3) is 0 Å². The predicted octanol–water partition coefficient (Wildman–Crippen LogP) is -0.411. The third-order valence-corrected chi connectivity index (χ3v) is 4.02. The first-order valence-corrected chi connectivity index (χ1v) is 8.48. The molecule has 1 aliphatic rings. The first-order chi connectivity index (χ1) is 12.9. The van der Waals surface area contributed by atoms with Crippen molar-refractivity contribution in [2.75, 3.05) is 32.1 Å². The van der Waals surface area contributed by atoms with Crippen LogP contribution in [0.1, 0.15) is 6.42 Å². The van der Waals surface area contributed by atoms with E-state index in [0.29, 0.717) is 13.2 Å². The van der Waals surface area contributed by atoms with Crippen LogP contribution >= 0.6 is 0 Å². The smallest absolute Gasteiger partial charge is 0.319 e. The number of halogens is 1. The van der Waals surface area contributed by atoms with Crippen LogP contribution in [0.3, 0.4) is 0 Å². The van der Waals surface area contributed by atoms with Crippen LogP contribution in [0.2, 0.25) is 0 Å². The van der Waals surface area contributed by atoms with E-state index >= 15 is 0 Å². The van der Waals surface area contributed by atoms with Gasteiger partial charge in [0, 0.05) is 25.9 Å². The number of anilines is 1. The molecule has 0 saturated carbocycles. The lowest BCUT2D eigenvalue weighted by atomic mass is 10.1. The Balaban J connectivity index is 1.77. The molecule has 150 valence electrons.